The summed E-state index contributed by atoms with van der Waals surface area (Å²) in [6.07, 6.45) is 8.22. The Morgan fingerprint density at radius 1 is 1.19 bits per heavy atom. The first-order chi connectivity index (χ1) is 13.1. The van der Waals surface area contributed by atoms with E-state index in [0.29, 0.717) is 12.5 Å². The lowest BCUT2D eigenvalue weighted by molar-refractivity contribution is -0.139. The molecule has 5 rings (SSSR count). The highest BCUT2D eigenvalue weighted by atomic mass is 16.2. The molecular weight excluding hydrogens is 338 g/mol. The van der Waals surface area contributed by atoms with E-state index in [0.717, 1.165) is 29.8 Å². The van der Waals surface area contributed by atoms with Crippen molar-refractivity contribution >= 4 is 28.4 Å². The SMILES string of the molecule is CC(=O)N1CC2=C(C1=O)C(C1CCCCC1)c1cn(C)c3cccc(c13)N2. The van der Waals surface area contributed by atoms with Gasteiger partial charge in [0, 0.05) is 48.4 Å². The highest BCUT2D eigenvalue weighted by molar-refractivity contribution is 6.10. The van der Waals surface area contributed by atoms with Crippen molar-refractivity contribution in [2.75, 3.05) is 11.9 Å². The second-order valence-electron chi connectivity index (χ2n) is 8.20. The van der Waals surface area contributed by atoms with Crippen LogP contribution >= 0.6 is 0 Å². The smallest absolute Gasteiger partial charge is 0.259 e. The minimum atomic E-state index is -0.177. The maximum absolute atomic E-state index is 13.3. The molecule has 2 amide bonds. The fourth-order valence-electron chi connectivity index (χ4n) is 5.37. The van der Waals surface area contributed by atoms with Gasteiger partial charge < -0.3 is 9.88 Å². The molecule has 1 atom stereocenters. The molecule has 1 aromatic carbocycles. The number of nitrogens with one attached hydrogen (secondary N) is 1. The average Bonchev–Trinajstić information content (AvgIpc) is 3.11. The number of rotatable bonds is 1. The highest BCUT2D eigenvalue weighted by Crippen LogP contribution is 2.49. The molecule has 1 unspecified atom stereocenters. The fourth-order valence-corrected chi connectivity index (χ4v) is 5.37. The third-order valence-electron chi connectivity index (χ3n) is 6.59. The van der Waals surface area contributed by atoms with Crippen LogP contribution in [0.1, 0.15) is 50.5 Å². The van der Waals surface area contributed by atoms with E-state index in [1.165, 1.54) is 47.6 Å². The van der Waals surface area contributed by atoms with Crippen molar-refractivity contribution in [2.45, 2.75) is 44.9 Å². The summed E-state index contributed by atoms with van der Waals surface area (Å²) in [6.45, 7) is 1.84. The molecule has 0 radical (unpaired) electrons. The zero-order valence-electron chi connectivity index (χ0n) is 15.9. The molecule has 5 heteroatoms. The number of aryl methyl sites for hydroxylation is 1. The van der Waals surface area contributed by atoms with E-state index in [2.05, 4.69) is 41.3 Å². The van der Waals surface area contributed by atoms with Crippen LogP contribution in [0.4, 0.5) is 5.69 Å². The van der Waals surface area contributed by atoms with Gasteiger partial charge in [-0.2, -0.15) is 0 Å². The zero-order valence-corrected chi connectivity index (χ0v) is 15.9. The molecular formula is C22H25N3O2. The summed E-state index contributed by atoms with van der Waals surface area (Å²) >= 11 is 0. The van der Waals surface area contributed by atoms with Crippen molar-refractivity contribution < 1.29 is 9.59 Å². The number of hydrogen-bond acceptors (Lipinski definition) is 3. The first-order valence-electron chi connectivity index (χ1n) is 9.96. The van der Waals surface area contributed by atoms with Crippen LogP contribution < -0.4 is 5.32 Å². The summed E-state index contributed by atoms with van der Waals surface area (Å²) < 4.78 is 2.17. The van der Waals surface area contributed by atoms with Crippen molar-refractivity contribution in [3.8, 4) is 0 Å². The zero-order chi connectivity index (χ0) is 18.7. The van der Waals surface area contributed by atoms with Crippen LogP contribution in [0, 0.1) is 5.92 Å². The van der Waals surface area contributed by atoms with E-state index in [9.17, 15) is 9.59 Å². The molecule has 140 valence electrons. The molecule has 1 N–H and O–H groups in total. The van der Waals surface area contributed by atoms with E-state index in [1.807, 2.05) is 0 Å². The van der Waals surface area contributed by atoms with Gasteiger partial charge in [-0.3, -0.25) is 14.5 Å². The molecule has 5 nitrogen and oxygen atoms in total. The second kappa shape index (κ2) is 5.98. The van der Waals surface area contributed by atoms with E-state index in [-0.39, 0.29) is 17.7 Å². The molecule has 1 fully saturated rings. The molecule has 0 saturated heterocycles. The van der Waals surface area contributed by atoms with Gasteiger partial charge >= 0.3 is 0 Å². The number of benzene rings is 1. The number of imide groups is 1. The molecule has 3 heterocycles. The Balaban J connectivity index is 1.74. The number of aromatic nitrogens is 1. The Labute approximate surface area is 159 Å². The lowest BCUT2D eigenvalue weighted by atomic mass is 9.73. The van der Waals surface area contributed by atoms with Gasteiger partial charge in [0.1, 0.15) is 0 Å². The summed E-state index contributed by atoms with van der Waals surface area (Å²) in [5.74, 6) is 0.240. The maximum Gasteiger partial charge on any atom is 0.259 e. The van der Waals surface area contributed by atoms with Crippen LogP contribution in [0.2, 0.25) is 0 Å². The molecule has 1 saturated carbocycles. The van der Waals surface area contributed by atoms with Crippen molar-refractivity contribution in [1.82, 2.24) is 9.47 Å². The van der Waals surface area contributed by atoms with Crippen molar-refractivity contribution in [3.05, 3.63) is 41.2 Å². The Morgan fingerprint density at radius 2 is 1.96 bits per heavy atom. The van der Waals surface area contributed by atoms with Crippen LogP contribution in [0.3, 0.4) is 0 Å². The Bertz CT molecular complexity index is 994. The minimum Gasteiger partial charge on any atom is -0.356 e. The summed E-state index contributed by atoms with van der Waals surface area (Å²) in [7, 11) is 2.07. The van der Waals surface area contributed by atoms with Gasteiger partial charge in [0.2, 0.25) is 5.91 Å². The van der Waals surface area contributed by atoms with Crippen LogP contribution in [-0.4, -0.2) is 27.8 Å². The average molecular weight is 363 g/mol. The molecule has 1 aromatic heterocycles. The predicted molar refractivity (Wildman–Crippen MR) is 105 cm³/mol. The maximum atomic E-state index is 13.3. The number of carbonyl (C=O) groups is 2. The van der Waals surface area contributed by atoms with Gasteiger partial charge in [0.05, 0.1) is 12.1 Å². The quantitative estimate of drug-likeness (QED) is 0.836. The lowest BCUT2D eigenvalue weighted by Crippen LogP contribution is -2.34. The number of nitrogens with zero attached hydrogens (tertiary/aromatic N) is 2. The molecule has 1 aliphatic carbocycles. The van der Waals surface area contributed by atoms with Gasteiger partial charge in [-0.05, 0) is 36.5 Å². The molecule has 0 spiro atoms. The van der Waals surface area contributed by atoms with E-state index < -0.39 is 0 Å². The van der Waals surface area contributed by atoms with Gasteiger partial charge in [-0.15, -0.1) is 0 Å². The largest absolute Gasteiger partial charge is 0.356 e. The standard InChI is InChI=1S/C22H25N3O2/c1-13(26)25-12-17-21(22(25)27)19(14-7-4-3-5-8-14)15-11-24(2)18-10-6-9-16(23-17)20(15)18/h6,9-11,14,19,23H,3-5,7-8,12H2,1-2H3. The Morgan fingerprint density at radius 3 is 2.70 bits per heavy atom. The first-order valence-corrected chi connectivity index (χ1v) is 9.96. The van der Waals surface area contributed by atoms with E-state index >= 15 is 0 Å². The number of carbonyl (C=O) groups excluding carboxylic acids is 2. The number of anilines is 1. The van der Waals surface area contributed by atoms with Crippen LogP contribution in [0.25, 0.3) is 10.9 Å². The van der Waals surface area contributed by atoms with Gasteiger partial charge in [0.15, 0.2) is 0 Å². The van der Waals surface area contributed by atoms with Crippen LogP contribution in [-0.2, 0) is 16.6 Å². The van der Waals surface area contributed by atoms with Crippen molar-refractivity contribution in [1.29, 1.82) is 0 Å². The lowest BCUT2D eigenvalue weighted by Gasteiger charge is -2.30. The summed E-state index contributed by atoms with van der Waals surface area (Å²) in [5, 5.41) is 4.76. The van der Waals surface area contributed by atoms with Crippen molar-refractivity contribution in [2.24, 2.45) is 13.0 Å². The summed E-state index contributed by atoms with van der Waals surface area (Å²) in [6, 6.07) is 6.28. The molecule has 2 aromatic rings. The second-order valence-corrected chi connectivity index (χ2v) is 8.20. The number of hydrogen-bond donors (Lipinski definition) is 1. The normalized spacial score (nSPS) is 22.8. The summed E-state index contributed by atoms with van der Waals surface area (Å²) in [4.78, 5) is 26.7. The first kappa shape index (κ1) is 16.6. The predicted octanol–water partition coefficient (Wildman–Crippen LogP) is 3.91. The highest BCUT2D eigenvalue weighted by Gasteiger charge is 2.43. The molecule has 3 aliphatic rings. The molecule has 0 bridgehead atoms. The molecule has 27 heavy (non-hydrogen) atoms. The van der Waals surface area contributed by atoms with E-state index in [4.69, 9.17) is 0 Å². The van der Waals surface area contributed by atoms with Gasteiger partial charge in [-0.25, -0.2) is 0 Å². The third kappa shape index (κ3) is 2.37. The fraction of sp³-hybridized carbons (Fsp3) is 0.455. The topological polar surface area (TPSA) is 54.3 Å². The third-order valence-corrected chi connectivity index (χ3v) is 6.59. The van der Waals surface area contributed by atoms with Crippen molar-refractivity contribution in [3.63, 3.8) is 0 Å². The van der Waals surface area contributed by atoms with E-state index in [1.54, 1.807) is 0 Å². The summed E-state index contributed by atoms with van der Waals surface area (Å²) in [5.41, 5.74) is 5.21. The van der Waals surface area contributed by atoms with Crippen LogP contribution in [0.15, 0.2) is 35.7 Å². The minimum absolute atomic E-state index is 0.0667. The number of amides is 2. The monoisotopic (exact) mass is 363 g/mol. The van der Waals surface area contributed by atoms with Gasteiger partial charge in [0.25, 0.3) is 5.91 Å². The van der Waals surface area contributed by atoms with Crippen LogP contribution in [0.5, 0.6) is 0 Å². The Hall–Kier alpha value is -2.56. The Kier molecular flexibility index (Phi) is 3.67. The molecule has 2 aliphatic heterocycles. The van der Waals surface area contributed by atoms with Gasteiger partial charge in [-0.1, -0.05) is 25.3 Å².